The van der Waals surface area contributed by atoms with Crippen molar-refractivity contribution in [1.29, 1.82) is 0 Å². The molecule has 3 unspecified atom stereocenters. The first-order valence-electron chi connectivity index (χ1n) is 9.64. The second-order valence-corrected chi connectivity index (χ2v) is 8.80. The Hall–Kier alpha value is -1.62. The van der Waals surface area contributed by atoms with Crippen LogP contribution in [0.2, 0.25) is 0 Å². The molecule has 0 aromatic heterocycles. The van der Waals surface area contributed by atoms with Gasteiger partial charge in [-0.15, -0.1) is 0 Å². The fraction of sp³-hybridized carbons (Fsp3) is 0.667. The summed E-state index contributed by atoms with van der Waals surface area (Å²) < 4.78 is 20.4. The fourth-order valence-electron chi connectivity index (χ4n) is 4.23. The number of alkyl carbamates (subject to hydrolysis) is 1. The molecule has 5 heteroatoms. The monoisotopic (exact) mass is 362 g/mol. The van der Waals surface area contributed by atoms with Crippen LogP contribution in [-0.2, 0) is 4.74 Å². The van der Waals surface area contributed by atoms with Crippen molar-refractivity contribution in [2.45, 2.75) is 70.3 Å². The standard InChI is InChI=1S/C21H31FN2O2/c1-15(16-9-6-5-7-10-16)24-13-17(18(22)14-24)21(11-8-12-21)23-19(25)26-20(2,3)4/h5-7,9-10,15,17-18H,8,11-14H2,1-4H3,(H,23,25). The lowest BCUT2D eigenvalue weighted by Crippen LogP contribution is -2.61. The minimum absolute atomic E-state index is 0.165. The van der Waals surface area contributed by atoms with Crippen molar-refractivity contribution in [3.63, 3.8) is 0 Å². The van der Waals surface area contributed by atoms with Crippen molar-refractivity contribution in [3.05, 3.63) is 35.9 Å². The van der Waals surface area contributed by atoms with E-state index >= 15 is 0 Å². The first kappa shape index (κ1) is 19.2. The number of nitrogens with one attached hydrogen (secondary N) is 1. The van der Waals surface area contributed by atoms with E-state index in [2.05, 4.69) is 29.3 Å². The Balaban J connectivity index is 1.68. The zero-order valence-corrected chi connectivity index (χ0v) is 16.3. The zero-order valence-electron chi connectivity index (χ0n) is 16.3. The SMILES string of the molecule is CC(c1ccccc1)N1CC(F)C(C2(NC(=O)OC(C)(C)C)CCC2)C1. The molecule has 3 atom stereocenters. The Kier molecular flexibility index (Phi) is 5.29. The van der Waals surface area contributed by atoms with E-state index in [1.54, 1.807) is 0 Å². The van der Waals surface area contributed by atoms with Crippen LogP contribution in [0.25, 0.3) is 0 Å². The first-order valence-corrected chi connectivity index (χ1v) is 9.64. The summed E-state index contributed by atoms with van der Waals surface area (Å²) >= 11 is 0. The summed E-state index contributed by atoms with van der Waals surface area (Å²) in [6.07, 6.45) is 1.30. The third kappa shape index (κ3) is 4.03. The van der Waals surface area contributed by atoms with Crippen LogP contribution < -0.4 is 5.32 Å². The van der Waals surface area contributed by atoms with Crippen molar-refractivity contribution >= 4 is 6.09 Å². The molecule has 0 radical (unpaired) electrons. The number of halogens is 1. The van der Waals surface area contributed by atoms with Gasteiger partial charge in [-0.3, -0.25) is 4.90 Å². The summed E-state index contributed by atoms with van der Waals surface area (Å²) in [5.41, 5.74) is 0.184. The molecule has 1 aromatic rings. The molecule has 2 fully saturated rings. The van der Waals surface area contributed by atoms with Crippen LogP contribution in [0, 0.1) is 5.92 Å². The van der Waals surface area contributed by atoms with Crippen LogP contribution in [0.5, 0.6) is 0 Å². The van der Waals surface area contributed by atoms with E-state index in [1.807, 2.05) is 39.0 Å². The van der Waals surface area contributed by atoms with Gasteiger partial charge >= 0.3 is 6.09 Å². The lowest BCUT2D eigenvalue weighted by molar-refractivity contribution is 0.0195. The summed E-state index contributed by atoms with van der Waals surface area (Å²) in [6.45, 7) is 8.73. The number of rotatable bonds is 4. The lowest BCUT2D eigenvalue weighted by Gasteiger charge is -2.47. The van der Waals surface area contributed by atoms with E-state index in [0.29, 0.717) is 13.1 Å². The van der Waals surface area contributed by atoms with Crippen LogP contribution in [0.4, 0.5) is 9.18 Å². The summed E-state index contributed by atoms with van der Waals surface area (Å²) in [6, 6.07) is 10.4. The van der Waals surface area contributed by atoms with Gasteiger partial charge in [-0.1, -0.05) is 30.3 Å². The molecule has 3 rings (SSSR count). The normalized spacial score (nSPS) is 26.8. The number of carbonyl (C=O) groups is 1. The first-order chi connectivity index (χ1) is 12.2. The van der Waals surface area contributed by atoms with E-state index in [4.69, 9.17) is 4.74 Å². The van der Waals surface area contributed by atoms with Crippen LogP contribution >= 0.6 is 0 Å². The molecule has 1 aliphatic carbocycles. The van der Waals surface area contributed by atoms with Crippen LogP contribution in [-0.4, -0.2) is 41.4 Å². The molecule has 1 saturated carbocycles. The van der Waals surface area contributed by atoms with Crippen molar-refractivity contribution < 1.29 is 13.9 Å². The highest BCUT2D eigenvalue weighted by Crippen LogP contribution is 2.45. The topological polar surface area (TPSA) is 41.6 Å². The van der Waals surface area contributed by atoms with E-state index in [0.717, 1.165) is 19.3 Å². The molecule has 4 nitrogen and oxygen atoms in total. The van der Waals surface area contributed by atoms with Gasteiger partial charge in [0.05, 0.1) is 5.54 Å². The van der Waals surface area contributed by atoms with E-state index in [1.165, 1.54) is 5.56 Å². The molecule has 1 N–H and O–H groups in total. The maximum atomic E-state index is 15.0. The number of ether oxygens (including phenoxy) is 1. The second-order valence-electron chi connectivity index (χ2n) is 8.80. The highest BCUT2D eigenvalue weighted by atomic mass is 19.1. The summed E-state index contributed by atoms with van der Waals surface area (Å²) in [7, 11) is 0. The van der Waals surface area contributed by atoms with Gasteiger partial charge in [-0.05, 0) is 52.5 Å². The third-order valence-corrected chi connectivity index (χ3v) is 5.81. The van der Waals surface area contributed by atoms with E-state index in [9.17, 15) is 9.18 Å². The zero-order chi connectivity index (χ0) is 18.9. The molecule has 1 aromatic carbocycles. The molecular weight excluding hydrogens is 331 g/mol. The number of hydrogen-bond donors (Lipinski definition) is 1. The molecule has 0 bridgehead atoms. The average molecular weight is 362 g/mol. The van der Waals surface area contributed by atoms with Gasteiger partial charge in [0.2, 0.25) is 0 Å². The Morgan fingerprint density at radius 3 is 2.46 bits per heavy atom. The van der Waals surface area contributed by atoms with Gasteiger partial charge in [0, 0.05) is 25.0 Å². The van der Waals surface area contributed by atoms with Crippen molar-refractivity contribution in [2.75, 3.05) is 13.1 Å². The minimum atomic E-state index is -0.934. The number of hydrogen-bond acceptors (Lipinski definition) is 3. The molecule has 2 aliphatic rings. The maximum absolute atomic E-state index is 15.0. The molecule has 26 heavy (non-hydrogen) atoms. The minimum Gasteiger partial charge on any atom is -0.444 e. The maximum Gasteiger partial charge on any atom is 0.408 e. The van der Waals surface area contributed by atoms with Gasteiger partial charge in [0.25, 0.3) is 0 Å². The van der Waals surface area contributed by atoms with Crippen molar-refractivity contribution in [2.24, 2.45) is 5.92 Å². The Morgan fingerprint density at radius 2 is 1.92 bits per heavy atom. The molecular formula is C21H31FN2O2. The Morgan fingerprint density at radius 1 is 1.27 bits per heavy atom. The van der Waals surface area contributed by atoms with Crippen molar-refractivity contribution in [3.8, 4) is 0 Å². The number of likely N-dealkylation sites (tertiary alicyclic amines) is 1. The number of benzene rings is 1. The second kappa shape index (κ2) is 7.18. The molecule has 1 saturated heterocycles. The number of amides is 1. The van der Waals surface area contributed by atoms with Crippen LogP contribution in [0.1, 0.15) is 58.6 Å². The molecule has 0 spiro atoms. The fourth-order valence-corrected chi connectivity index (χ4v) is 4.23. The molecule has 144 valence electrons. The highest BCUT2D eigenvalue weighted by molar-refractivity contribution is 5.69. The number of carbonyl (C=O) groups excluding carboxylic acids is 1. The number of nitrogens with zero attached hydrogens (tertiary/aromatic N) is 1. The Labute approximate surface area is 156 Å². The summed E-state index contributed by atoms with van der Waals surface area (Å²) in [4.78, 5) is 14.5. The van der Waals surface area contributed by atoms with Gasteiger partial charge in [0.1, 0.15) is 11.8 Å². The Bertz CT molecular complexity index is 625. The van der Waals surface area contributed by atoms with Gasteiger partial charge < -0.3 is 10.1 Å². The predicted octanol–water partition coefficient (Wildman–Crippen LogP) is 4.46. The van der Waals surface area contributed by atoms with Gasteiger partial charge in [-0.25, -0.2) is 9.18 Å². The molecule has 1 aliphatic heterocycles. The highest BCUT2D eigenvalue weighted by Gasteiger charge is 2.53. The predicted molar refractivity (Wildman–Crippen MR) is 101 cm³/mol. The number of alkyl halides is 1. The molecule has 1 amide bonds. The summed E-state index contributed by atoms with van der Waals surface area (Å²) in [5, 5.41) is 3.03. The van der Waals surface area contributed by atoms with E-state index < -0.39 is 23.4 Å². The van der Waals surface area contributed by atoms with E-state index in [-0.39, 0.29) is 12.0 Å². The molecule has 1 heterocycles. The largest absolute Gasteiger partial charge is 0.444 e. The van der Waals surface area contributed by atoms with Gasteiger partial charge in [0.15, 0.2) is 0 Å². The third-order valence-electron chi connectivity index (χ3n) is 5.81. The smallest absolute Gasteiger partial charge is 0.408 e. The van der Waals surface area contributed by atoms with Crippen LogP contribution in [0.15, 0.2) is 30.3 Å². The van der Waals surface area contributed by atoms with Gasteiger partial charge in [-0.2, -0.15) is 0 Å². The van der Waals surface area contributed by atoms with Crippen LogP contribution in [0.3, 0.4) is 0 Å². The lowest BCUT2D eigenvalue weighted by atomic mass is 9.67. The quantitative estimate of drug-likeness (QED) is 0.859. The average Bonchev–Trinajstić information content (AvgIpc) is 2.91. The van der Waals surface area contributed by atoms with Crippen molar-refractivity contribution in [1.82, 2.24) is 10.2 Å². The summed E-state index contributed by atoms with van der Waals surface area (Å²) in [5.74, 6) is -0.185.